The summed E-state index contributed by atoms with van der Waals surface area (Å²) in [5, 5.41) is 0. The van der Waals surface area contributed by atoms with E-state index in [0.717, 1.165) is 0 Å². The standard InChI is InChI=1S/C5H8O3S/c1-2-7-5-8-4(6)3-9-5/h5H,2-3H2,1H3/t5-/m0/s1. The first-order valence-corrected chi connectivity index (χ1v) is 3.80. The second kappa shape index (κ2) is 3.08. The molecule has 1 aliphatic heterocycles. The van der Waals surface area contributed by atoms with E-state index in [1.165, 1.54) is 11.8 Å². The predicted molar refractivity (Wildman–Crippen MR) is 34.0 cm³/mol. The normalized spacial score (nSPS) is 26.3. The Balaban J connectivity index is 2.22. The van der Waals surface area contributed by atoms with Gasteiger partial charge in [0.15, 0.2) is 0 Å². The lowest BCUT2D eigenvalue weighted by Gasteiger charge is -2.05. The Morgan fingerprint density at radius 1 is 2.00 bits per heavy atom. The first kappa shape index (κ1) is 6.89. The van der Waals surface area contributed by atoms with E-state index in [-0.39, 0.29) is 11.6 Å². The summed E-state index contributed by atoms with van der Waals surface area (Å²) in [6.07, 6.45) is 0. The van der Waals surface area contributed by atoms with Crippen LogP contribution < -0.4 is 0 Å². The number of hydrogen-bond acceptors (Lipinski definition) is 4. The quantitative estimate of drug-likeness (QED) is 0.537. The van der Waals surface area contributed by atoms with E-state index < -0.39 is 0 Å². The van der Waals surface area contributed by atoms with Gasteiger partial charge in [-0.1, -0.05) is 11.8 Å². The van der Waals surface area contributed by atoms with Gasteiger partial charge in [-0.3, -0.25) is 4.79 Å². The Morgan fingerprint density at radius 2 is 2.78 bits per heavy atom. The SMILES string of the molecule is CCO[C@H]1OC(=O)CS1. The molecule has 0 N–H and O–H groups in total. The van der Waals surface area contributed by atoms with Gasteiger partial charge in [0.25, 0.3) is 5.62 Å². The van der Waals surface area contributed by atoms with Gasteiger partial charge in [-0.15, -0.1) is 0 Å². The molecule has 0 aromatic carbocycles. The summed E-state index contributed by atoms with van der Waals surface area (Å²) in [7, 11) is 0. The van der Waals surface area contributed by atoms with Gasteiger partial charge in [0, 0.05) is 6.61 Å². The van der Waals surface area contributed by atoms with Crippen LogP contribution in [0.25, 0.3) is 0 Å². The Labute approximate surface area is 57.7 Å². The lowest BCUT2D eigenvalue weighted by molar-refractivity contribution is -0.154. The number of carbonyl (C=O) groups excluding carboxylic acids is 1. The number of carbonyl (C=O) groups is 1. The molecular formula is C5H8O3S. The first-order valence-electron chi connectivity index (χ1n) is 2.75. The molecule has 0 aromatic heterocycles. The van der Waals surface area contributed by atoms with Gasteiger partial charge >= 0.3 is 5.97 Å². The first-order chi connectivity index (χ1) is 4.33. The molecule has 1 atom stereocenters. The second-order valence-corrected chi connectivity index (χ2v) is 2.55. The molecule has 0 spiro atoms. The molecule has 0 aromatic rings. The molecule has 1 saturated heterocycles. The molecule has 9 heavy (non-hydrogen) atoms. The summed E-state index contributed by atoms with van der Waals surface area (Å²) in [5.41, 5.74) is -0.345. The average Bonchev–Trinajstić information content (AvgIpc) is 2.17. The van der Waals surface area contributed by atoms with Crippen LogP contribution in [-0.2, 0) is 14.3 Å². The minimum Gasteiger partial charge on any atom is -0.425 e. The third kappa shape index (κ3) is 1.87. The molecule has 0 bridgehead atoms. The van der Waals surface area contributed by atoms with Crippen molar-refractivity contribution in [3.63, 3.8) is 0 Å². The fraction of sp³-hybridized carbons (Fsp3) is 0.800. The summed E-state index contributed by atoms with van der Waals surface area (Å²) in [4.78, 5) is 10.4. The average molecular weight is 148 g/mol. The van der Waals surface area contributed by atoms with Crippen LogP contribution in [0.3, 0.4) is 0 Å². The highest BCUT2D eigenvalue weighted by Gasteiger charge is 2.23. The van der Waals surface area contributed by atoms with E-state index >= 15 is 0 Å². The zero-order chi connectivity index (χ0) is 6.69. The third-order valence-electron chi connectivity index (χ3n) is 0.868. The molecule has 0 saturated carbocycles. The van der Waals surface area contributed by atoms with E-state index in [4.69, 9.17) is 9.47 Å². The molecule has 52 valence electrons. The highest BCUT2D eigenvalue weighted by Crippen LogP contribution is 2.21. The molecule has 1 fully saturated rings. The number of cyclic esters (lactones) is 1. The monoisotopic (exact) mass is 148 g/mol. The van der Waals surface area contributed by atoms with Gasteiger partial charge < -0.3 is 9.47 Å². The van der Waals surface area contributed by atoms with Crippen LogP contribution in [0.4, 0.5) is 0 Å². The number of esters is 1. The van der Waals surface area contributed by atoms with E-state index in [1.54, 1.807) is 0 Å². The van der Waals surface area contributed by atoms with Gasteiger partial charge in [-0.25, -0.2) is 0 Å². The van der Waals surface area contributed by atoms with Crippen LogP contribution in [0.5, 0.6) is 0 Å². The summed E-state index contributed by atoms with van der Waals surface area (Å²) in [5.74, 6) is 0.239. The highest BCUT2D eigenvalue weighted by molar-refractivity contribution is 8.00. The number of hydrogen-bond donors (Lipinski definition) is 0. The van der Waals surface area contributed by atoms with E-state index in [2.05, 4.69) is 0 Å². The van der Waals surface area contributed by atoms with Crippen molar-refractivity contribution in [2.75, 3.05) is 12.4 Å². The predicted octanol–water partition coefficient (Wildman–Crippen LogP) is 0.596. The molecule has 1 aliphatic rings. The molecule has 0 radical (unpaired) electrons. The Hall–Kier alpha value is -0.220. The van der Waals surface area contributed by atoms with E-state index in [1.807, 2.05) is 6.92 Å². The zero-order valence-corrected chi connectivity index (χ0v) is 5.94. The minimum atomic E-state index is -0.345. The van der Waals surface area contributed by atoms with Crippen molar-refractivity contribution in [3.8, 4) is 0 Å². The van der Waals surface area contributed by atoms with Crippen molar-refractivity contribution in [2.45, 2.75) is 12.5 Å². The van der Waals surface area contributed by atoms with Crippen molar-refractivity contribution in [1.29, 1.82) is 0 Å². The largest absolute Gasteiger partial charge is 0.425 e. The molecular weight excluding hydrogens is 140 g/mol. The maximum Gasteiger partial charge on any atom is 0.319 e. The Morgan fingerprint density at radius 3 is 3.22 bits per heavy atom. The summed E-state index contributed by atoms with van der Waals surface area (Å²) < 4.78 is 9.70. The van der Waals surface area contributed by atoms with Gasteiger partial charge in [0.1, 0.15) is 0 Å². The van der Waals surface area contributed by atoms with Crippen LogP contribution in [0.15, 0.2) is 0 Å². The van der Waals surface area contributed by atoms with Crippen LogP contribution in [0.1, 0.15) is 6.92 Å². The number of rotatable bonds is 2. The van der Waals surface area contributed by atoms with Crippen molar-refractivity contribution >= 4 is 17.7 Å². The van der Waals surface area contributed by atoms with E-state index in [0.29, 0.717) is 12.4 Å². The molecule has 3 nitrogen and oxygen atoms in total. The molecule has 0 unspecified atom stereocenters. The molecule has 0 amide bonds. The third-order valence-corrected chi connectivity index (χ3v) is 1.77. The Kier molecular flexibility index (Phi) is 2.36. The molecule has 1 rings (SSSR count). The minimum absolute atomic E-state index is 0.182. The van der Waals surface area contributed by atoms with Gasteiger partial charge in [-0.2, -0.15) is 0 Å². The fourth-order valence-corrected chi connectivity index (χ4v) is 1.28. The lowest BCUT2D eigenvalue weighted by atomic mass is 10.8. The summed E-state index contributed by atoms with van der Waals surface area (Å²) in [6.45, 7) is 2.46. The zero-order valence-electron chi connectivity index (χ0n) is 5.12. The van der Waals surface area contributed by atoms with Crippen LogP contribution >= 0.6 is 11.8 Å². The van der Waals surface area contributed by atoms with E-state index in [9.17, 15) is 4.79 Å². The molecule has 1 heterocycles. The highest BCUT2D eigenvalue weighted by atomic mass is 32.2. The number of ether oxygens (including phenoxy) is 2. The van der Waals surface area contributed by atoms with Crippen molar-refractivity contribution in [1.82, 2.24) is 0 Å². The van der Waals surface area contributed by atoms with Crippen molar-refractivity contribution in [2.24, 2.45) is 0 Å². The van der Waals surface area contributed by atoms with Gasteiger partial charge in [-0.05, 0) is 6.92 Å². The second-order valence-electron chi connectivity index (χ2n) is 1.54. The molecule has 4 heteroatoms. The van der Waals surface area contributed by atoms with Crippen molar-refractivity contribution in [3.05, 3.63) is 0 Å². The van der Waals surface area contributed by atoms with Gasteiger partial charge in [0.2, 0.25) is 0 Å². The van der Waals surface area contributed by atoms with Crippen LogP contribution in [-0.4, -0.2) is 24.0 Å². The lowest BCUT2D eigenvalue weighted by Crippen LogP contribution is -2.08. The Bertz CT molecular complexity index is 115. The smallest absolute Gasteiger partial charge is 0.319 e. The van der Waals surface area contributed by atoms with Crippen LogP contribution in [0, 0.1) is 0 Å². The van der Waals surface area contributed by atoms with Crippen LogP contribution in [0.2, 0.25) is 0 Å². The molecule has 0 aliphatic carbocycles. The topological polar surface area (TPSA) is 35.5 Å². The summed E-state index contributed by atoms with van der Waals surface area (Å²) in [6, 6.07) is 0. The fourth-order valence-electron chi connectivity index (χ4n) is 0.530. The van der Waals surface area contributed by atoms with Gasteiger partial charge in [0.05, 0.1) is 5.75 Å². The summed E-state index contributed by atoms with van der Waals surface area (Å²) >= 11 is 1.38. The number of thioether (sulfide) groups is 1. The maximum atomic E-state index is 10.4. The van der Waals surface area contributed by atoms with Crippen molar-refractivity contribution < 1.29 is 14.3 Å². The maximum absolute atomic E-state index is 10.4.